The molecule has 2 N–H and O–H groups in total. The van der Waals surface area contributed by atoms with Crippen molar-refractivity contribution in [2.45, 2.75) is 40.0 Å². The number of hydrazone groups is 1. The van der Waals surface area contributed by atoms with Crippen molar-refractivity contribution in [2.24, 2.45) is 16.9 Å². The molecule has 0 aromatic heterocycles. The normalized spacial score (nSPS) is 25.9. The topological polar surface area (TPSA) is 36.4 Å². The maximum absolute atomic E-state index is 5.07. The lowest BCUT2D eigenvalue weighted by Crippen LogP contribution is -2.35. The molecule has 0 spiro atoms. The molecule has 0 heterocycles. The molecule has 4 heteroatoms. The number of thiocarbonyl (C=S) groups is 1. The van der Waals surface area contributed by atoms with Crippen molar-refractivity contribution in [3.63, 3.8) is 0 Å². The van der Waals surface area contributed by atoms with Crippen LogP contribution in [0.2, 0.25) is 0 Å². The van der Waals surface area contributed by atoms with Gasteiger partial charge in [-0.3, -0.25) is 5.43 Å². The minimum atomic E-state index is 0.589. The Labute approximate surface area is 97.7 Å². The van der Waals surface area contributed by atoms with E-state index in [9.17, 15) is 0 Å². The Hall–Kier alpha value is -0.640. The first-order valence-electron chi connectivity index (χ1n) is 5.76. The van der Waals surface area contributed by atoms with Gasteiger partial charge < -0.3 is 5.32 Å². The van der Waals surface area contributed by atoms with Crippen molar-refractivity contribution in [2.75, 3.05) is 6.54 Å². The summed E-state index contributed by atoms with van der Waals surface area (Å²) in [5, 5.41) is 8.08. The van der Waals surface area contributed by atoms with Gasteiger partial charge in [0.25, 0.3) is 0 Å². The molecule has 0 aromatic carbocycles. The molecule has 1 rings (SSSR count). The summed E-state index contributed by atoms with van der Waals surface area (Å²) in [5.41, 5.74) is 4.19. The number of hydrogen-bond donors (Lipinski definition) is 2. The highest BCUT2D eigenvalue weighted by atomic mass is 32.1. The Morgan fingerprint density at radius 2 is 2.00 bits per heavy atom. The van der Waals surface area contributed by atoms with Crippen LogP contribution < -0.4 is 10.7 Å². The van der Waals surface area contributed by atoms with E-state index >= 15 is 0 Å². The molecular weight excluding hydrogens is 206 g/mol. The molecule has 0 radical (unpaired) electrons. The maximum atomic E-state index is 5.07. The molecule has 1 aliphatic rings. The average molecular weight is 227 g/mol. The van der Waals surface area contributed by atoms with E-state index in [0.717, 1.165) is 6.54 Å². The van der Waals surface area contributed by atoms with Crippen LogP contribution in [0.4, 0.5) is 0 Å². The van der Waals surface area contributed by atoms with Crippen LogP contribution >= 0.6 is 12.2 Å². The van der Waals surface area contributed by atoms with Gasteiger partial charge in [-0.25, -0.2) is 0 Å². The predicted molar refractivity (Wildman–Crippen MR) is 69.0 cm³/mol. The van der Waals surface area contributed by atoms with Crippen LogP contribution in [-0.4, -0.2) is 17.4 Å². The van der Waals surface area contributed by atoms with Crippen molar-refractivity contribution in [1.82, 2.24) is 10.7 Å². The number of nitrogens with one attached hydrogen (secondary N) is 2. The second kappa shape index (κ2) is 6.05. The predicted octanol–water partition coefficient (Wildman–Crippen LogP) is 2.28. The van der Waals surface area contributed by atoms with Gasteiger partial charge in [0, 0.05) is 12.3 Å². The summed E-state index contributed by atoms with van der Waals surface area (Å²) in [6, 6.07) is 0. The molecule has 0 aromatic rings. The highest BCUT2D eigenvalue weighted by Gasteiger charge is 2.22. The van der Waals surface area contributed by atoms with Crippen LogP contribution in [0.3, 0.4) is 0 Å². The molecule has 3 nitrogen and oxygen atoms in total. The van der Waals surface area contributed by atoms with Crippen LogP contribution in [0.25, 0.3) is 0 Å². The molecule has 1 aliphatic carbocycles. The van der Waals surface area contributed by atoms with E-state index in [1.54, 1.807) is 0 Å². The maximum Gasteiger partial charge on any atom is 0.186 e. The lowest BCUT2D eigenvalue weighted by molar-refractivity contribution is 0.484. The quantitative estimate of drug-likeness (QED) is 0.561. The van der Waals surface area contributed by atoms with Gasteiger partial charge >= 0.3 is 0 Å². The molecular formula is C11H21N3S. The second-order valence-corrected chi connectivity index (χ2v) is 4.65. The molecule has 0 aliphatic heterocycles. The highest BCUT2D eigenvalue weighted by Crippen LogP contribution is 2.25. The third-order valence-electron chi connectivity index (χ3n) is 2.91. The minimum Gasteiger partial charge on any atom is -0.362 e. The third-order valence-corrected chi connectivity index (χ3v) is 3.14. The first kappa shape index (κ1) is 12.4. The van der Waals surface area contributed by atoms with E-state index in [4.69, 9.17) is 12.2 Å². The molecule has 1 saturated carbocycles. The smallest absolute Gasteiger partial charge is 0.186 e. The summed E-state index contributed by atoms with van der Waals surface area (Å²) in [6.45, 7) is 7.34. The van der Waals surface area contributed by atoms with E-state index in [1.165, 1.54) is 25.0 Å². The lowest BCUT2D eigenvalue weighted by atomic mass is 9.81. The number of hydrogen-bond acceptors (Lipinski definition) is 2. The van der Waals surface area contributed by atoms with Gasteiger partial charge in [-0.05, 0) is 43.8 Å². The van der Waals surface area contributed by atoms with Gasteiger partial charge in [-0.2, -0.15) is 5.10 Å². The van der Waals surface area contributed by atoms with E-state index in [0.29, 0.717) is 16.9 Å². The second-order valence-electron chi connectivity index (χ2n) is 4.24. The minimum absolute atomic E-state index is 0.589. The van der Waals surface area contributed by atoms with Gasteiger partial charge in [0.05, 0.1) is 0 Å². The van der Waals surface area contributed by atoms with Crippen LogP contribution in [0, 0.1) is 11.8 Å². The third kappa shape index (κ3) is 3.78. The van der Waals surface area contributed by atoms with E-state index in [2.05, 4.69) is 29.7 Å². The molecule has 0 bridgehead atoms. The Balaban J connectivity index is 2.51. The SMILES string of the molecule is CCNC(=S)NN=C1[C@H](C)CCC[C@H]1C. The van der Waals surface area contributed by atoms with Gasteiger partial charge in [0.2, 0.25) is 0 Å². The van der Waals surface area contributed by atoms with Crippen LogP contribution in [-0.2, 0) is 0 Å². The van der Waals surface area contributed by atoms with Gasteiger partial charge in [-0.1, -0.05) is 20.3 Å². The highest BCUT2D eigenvalue weighted by molar-refractivity contribution is 7.80. The van der Waals surface area contributed by atoms with Crippen molar-refractivity contribution >= 4 is 23.0 Å². The van der Waals surface area contributed by atoms with Gasteiger partial charge in [0.15, 0.2) is 5.11 Å². The number of rotatable bonds is 2. The fraction of sp³-hybridized carbons (Fsp3) is 0.818. The largest absolute Gasteiger partial charge is 0.362 e. The van der Waals surface area contributed by atoms with Crippen molar-refractivity contribution < 1.29 is 0 Å². The molecule has 1 fully saturated rings. The summed E-state index contributed by atoms with van der Waals surface area (Å²) in [5.74, 6) is 1.18. The average Bonchev–Trinajstić information content (AvgIpc) is 2.17. The van der Waals surface area contributed by atoms with E-state index in [1.807, 2.05) is 6.92 Å². The zero-order valence-corrected chi connectivity index (χ0v) is 10.7. The molecule has 15 heavy (non-hydrogen) atoms. The lowest BCUT2D eigenvalue weighted by Gasteiger charge is -2.26. The molecule has 86 valence electrons. The first-order chi connectivity index (χ1) is 7.15. The fourth-order valence-electron chi connectivity index (χ4n) is 2.05. The van der Waals surface area contributed by atoms with Crippen molar-refractivity contribution in [3.05, 3.63) is 0 Å². The zero-order chi connectivity index (χ0) is 11.3. The zero-order valence-electron chi connectivity index (χ0n) is 9.84. The van der Waals surface area contributed by atoms with Crippen LogP contribution in [0.5, 0.6) is 0 Å². The summed E-state index contributed by atoms with van der Waals surface area (Å²) in [7, 11) is 0. The van der Waals surface area contributed by atoms with Crippen LogP contribution in [0.1, 0.15) is 40.0 Å². The molecule has 0 unspecified atom stereocenters. The van der Waals surface area contributed by atoms with E-state index < -0.39 is 0 Å². The molecule has 2 atom stereocenters. The van der Waals surface area contributed by atoms with Crippen molar-refractivity contribution in [1.29, 1.82) is 0 Å². The van der Waals surface area contributed by atoms with Crippen molar-refractivity contribution in [3.8, 4) is 0 Å². The van der Waals surface area contributed by atoms with Gasteiger partial charge in [-0.15, -0.1) is 0 Å². The summed E-state index contributed by atoms with van der Waals surface area (Å²) >= 11 is 5.07. The molecule has 0 saturated heterocycles. The summed E-state index contributed by atoms with van der Waals surface area (Å²) < 4.78 is 0. The number of nitrogens with zero attached hydrogens (tertiary/aromatic N) is 1. The summed E-state index contributed by atoms with van der Waals surface area (Å²) in [6.07, 6.45) is 3.82. The fourth-order valence-corrected chi connectivity index (χ4v) is 2.24. The Bertz CT molecular complexity index is 238. The van der Waals surface area contributed by atoms with Crippen LogP contribution in [0.15, 0.2) is 5.10 Å². The molecule has 0 amide bonds. The Kier molecular flexibility index (Phi) is 5.02. The Morgan fingerprint density at radius 3 is 2.53 bits per heavy atom. The summed E-state index contributed by atoms with van der Waals surface area (Å²) in [4.78, 5) is 0. The van der Waals surface area contributed by atoms with E-state index in [-0.39, 0.29) is 0 Å². The standard InChI is InChI=1S/C11H21N3S/c1-4-12-11(15)14-13-10-8(2)6-5-7-9(10)3/h8-9H,4-7H2,1-3H3,(H2,12,14,15)/t8-,9-/m1/s1. The first-order valence-corrected chi connectivity index (χ1v) is 6.17. The van der Waals surface area contributed by atoms with Gasteiger partial charge in [0.1, 0.15) is 0 Å². The monoisotopic (exact) mass is 227 g/mol. The Morgan fingerprint density at radius 1 is 1.40 bits per heavy atom.